The summed E-state index contributed by atoms with van der Waals surface area (Å²) in [6.07, 6.45) is 9.12. The molecular formula is C18H20FNO2. The molecule has 1 aliphatic rings. The van der Waals surface area contributed by atoms with Crippen molar-refractivity contribution in [1.82, 2.24) is 0 Å². The lowest BCUT2D eigenvalue weighted by Crippen LogP contribution is -2.25. The van der Waals surface area contributed by atoms with Crippen LogP contribution in [0.4, 0.5) is 4.39 Å². The number of nitriles is 1. The van der Waals surface area contributed by atoms with Gasteiger partial charge in [-0.25, -0.2) is 4.39 Å². The van der Waals surface area contributed by atoms with Crippen LogP contribution in [-0.2, 0) is 4.79 Å². The molecule has 2 rings (SSSR count). The highest BCUT2D eigenvalue weighted by Gasteiger charge is 2.27. The molecule has 1 aromatic rings. The number of nitrogens with zero attached hydrogens (tertiary/aromatic N) is 1. The van der Waals surface area contributed by atoms with Gasteiger partial charge in [0.25, 0.3) is 0 Å². The van der Waals surface area contributed by atoms with Crippen LogP contribution >= 0.6 is 0 Å². The Morgan fingerprint density at radius 3 is 2.59 bits per heavy atom. The molecule has 0 heterocycles. The largest absolute Gasteiger partial charge is 0.426 e. The summed E-state index contributed by atoms with van der Waals surface area (Å²) in [6.45, 7) is 0. The van der Waals surface area contributed by atoms with Gasteiger partial charge in [-0.3, -0.25) is 4.79 Å². The van der Waals surface area contributed by atoms with E-state index in [1.807, 2.05) is 12.1 Å². The van der Waals surface area contributed by atoms with E-state index >= 15 is 0 Å². The molecule has 0 atom stereocenters. The molecule has 0 aliphatic heterocycles. The van der Waals surface area contributed by atoms with Crippen molar-refractivity contribution in [3.63, 3.8) is 0 Å². The molecule has 0 saturated heterocycles. The van der Waals surface area contributed by atoms with E-state index in [1.165, 1.54) is 30.3 Å². The van der Waals surface area contributed by atoms with Crippen LogP contribution in [-0.4, -0.2) is 5.97 Å². The van der Waals surface area contributed by atoms with Crippen molar-refractivity contribution >= 4 is 5.97 Å². The zero-order chi connectivity index (χ0) is 15.8. The lowest BCUT2D eigenvalue weighted by molar-refractivity contribution is -0.140. The summed E-state index contributed by atoms with van der Waals surface area (Å²) in [7, 11) is 0. The third-order valence-corrected chi connectivity index (χ3v) is 4.15. The van der Waals surface area contributed by atoms with Crippen molar-refractivity contribution in [1.29, 1.82) is 5.26 Å². The van der Waals surface area contributed by atoms with Crippen molar-refractivity contribution in [3.8, 4) is 11.8 Å². The second-order valence-corrected chi connectivity index (χ2v) is 5.70. The molecule has 0 aromatic heterocycles. The Balaban J connectivity index is 1.74. The Labute approximate surface area is 130 Å². The summed E-state index contributed by atoms with van der Waals surface area (Å²) in [5.74, 6) is 0.407. The Bertz CT molecular complexity index is 551. The molecule has 0 N–H and O–H groups in total. The van der Waals surface area contributed by atoms with E-state index in [9.17, 15) is 9.18 Å². The fourth-order valence-corrected chi connectivity index (χ4v) is 2.86. The number of hydrogen-bond donors (Lipinski definition) is 0. The van der Waals surface area contributed by atoms with E-state index in [0.717, 1.165) is 38.5 Å². The SMILES string of the molecule is N#CC=CCC[C@H]1CC[C@H](C(=O)Oc2ccc(F)cc2)CC1. The maximum atomic E-state index is 12.8. The highest BCUT2D eigenvalue weighted by Crippen LogP contribution is 2.32. The minimum atomic E-state index is -0.342. The van der Waals surface area contributed by atoms with Gasteiger partial charge in [0.15, 0.2) is 0 Å². The number of carbonyl (C=O) groups excluding carboxylic acids is 1. The van der Waals surface area contributed by atoms with E-state index in [1.54, 1.807) is 0 Å². The van der Waals surface area contributed by atoms with Gasteiger partial charge in [0, 0.05) is 6.08 Å². The summed E-state index contributed by atoms with van der Waals surface area (Å²) < 4.78 is 18.1. The van der Waals surface area contributed by atoms with Crippen LogP contribution < -0.4 is 4.74 Å². The molecule has 1 fully saturated rings. The first-order valence-electron chi connectivity index (χ1n) is 7.71. The summed E-state index contributed by atoms with van der Waals surface area (Å²) in [6, 6.07) is 7.51. The van der Waals surface area contributed by atoms with E-state index in [2.05, 4.69) is 0 Å². The maximum absolute atomic E-state index is 12.8. The number of halogens is 1. The van der Waals surface area contributed by atoms with E-state index < -0.39 is 0 Å². The summed E-state index contributed by atoms with van der Waals surface area (Å²) in [5.41, 5.74) is 0. The van der Waals surface area contributed by atoms with Crippen molar-refractivity contribution < 1.29 is 13.9 Å². The standard InChI is InChI=1S/C18H20FNO2/c19-16-9-11-17(12-10-16)22-18(21)15-7-5-14(6-8-15)4-2-1-3-13-20/h1,3,9-12,14-15H,2,4-8H2/t14-,15-. The second kappa shape index (κ2) is 8.33. The molecule has 0 bridgehead atoms. The Morgan fingerprint density at radius 1 is 1.27 bits per heavy atom. The van der Waals surface area contributed by atoms with Crippen LogP contribution in [0.5, 0.6) is 5.75 Å². The van der Waals surface area contributed by atoms with Crippen LogP contribution in [0.25, 0.3) is 0 Å². The second-order valence-electron chi connectivity index (χ2n) is 5.70. The summed E-state index contributed by atoms with van der Waals surface area (Å²) in [5, 5.41) is 8.43. The first-order chi connectivity index (χ1) is 10.7. The number of carbonyl (C=O) groups is 1. The smallest absolute Gasteiger partial charge is 0.314 e. The number of allylic oxidation sites excluding steroid dienone is 2. The van der Waals surface area contributed by atoms with Crippen LogP contribution in [0.15, 0.2) is 36.4 Å². The number of esters is 1. The van der Waals surface area contributed by atoms with Crippen molar-refractivity contribution in [2.45, 2.75) is 38.5 Å². The molecular weight excluding hydrogens is 281 g/mol. The van der Waals surface area contributed by atoms with Gasteiger partial charge in [-0.1, -0.05) is 6.08 Å². The fourth-order valence-electron chi connectivity index (χ4n) is 2.86. The molecule has 0 radical (unpaired) electrons. The molecule has 22 heavy (non-hydrogen) atoms. The fraction of sp³-hybridized carbons (Fsp3) is 0.444. The summed E-state index contributed by atoms with van der Waals surface area (Å²) >= 11 is 0. The van der Waals surface area contributed by atoms with Crippen LogP contribution in [0, 0.1) is 29.0 Å². The lowest BCUT2D eigenvalue weighted by atomic mass is 9.80. The van der Waals surface area contributed by atoms with Gasteiger partial charge >= 0.3 is 5.97 Å². The van der Waals surface area contributed by atoms with Crippen molar-refractivity contribution in [2.24, 2.45) is 11.8 Å². The van der Waals surface area contributed by atoms with Crippen LogP contribution in [0.3, 0.4) is 0 Å². The summed E-state index contributed by atoms with van der Waals surface area (Å²) in [4.78, 5) is 12.1. The van der Waals surface area contributed by atoms with Gasteiger partial charge in [-0.15, -0.1) is 0 Å². The first kappa shape index (κ1) is 16.2. The zero-order valence-corrected chi connectivity index (χ0v) is 12.5. The minimum absolute atomic E-state index is 0.0593. The molecule has 116 valence electrons. The van der Waals surface area contributed by atoms with E-state index in [0.29, 0.717) is 11.7 Å². The molecule has 1 saturated carbocycles. The van der Waals surface area contributed by atoms with Gasteiger partial charge < -0.3 is 4.74 Å². The van der Waals surface area contributed by atoms with Gasteiger partial charge in [0.1, 0.15) is 11.6 Å². The Kier molecular flexibility index (Phi) is 6.14. The first-order valence-corrected chi connectivity index (χ1v) is 7.71. The van der Waals surface area contributed by atoms with Crippen molar-refractivity contribution in [3.05, 3.63) is 42.2 Å². The lowest BCUT2D eigenvalue weighted by Gasteiger charge is -2.26. The van der Waals surface area contributed by atoms with E-state index in [4.69, 9.17) is 10.00 Å². The average molecular weight is 301 g/mol. The molecule has 0 amide bonds. The quantitative estimate of drug-likeness (QED) is 0.460. The predicted molar refractivity (Wildman–Crippen MR) is 81.5 cm³/mol. The molecule has 3 nitrogen and oxygen atoms in total. The topological polar surface area (TPSA) is 50.1 Å². The minimum Gasteiger partial charge on any atom is -0.426 e. The predicted octanol–water partition coefficient (Wildman–Crippen LogP) is 4.40. The number of hydrogen-bond acceptors (Lipinski definition) is 3. The molecule has 1 aromatic carbocycles. The highest BCUT2D eigenvalue weighted by atomic mass is 19.1. The zero-order valence-electron chi connectivity index (χ0n) is 12.5. The van der Waals surface area contributed by atoms with Crippen LogP contribution in [0.1, 0.15) is 38.5 Å². The normalized spacial score (nSPS) is 21.5. The third kappa shape index (κ3) is 5.00. The average Bonchev–Trinajstić information content (AvgIpc) is 2.54. The number of ether oxygens (including phenoxy) is 1. The van der Waals surface area contributed by atoms with E-state index in [-0.39, 0.29) is 17.7 Å². The monoisotopic (exact) mass is 301 g/mol. The Hall–Kier alpha value is -2.15. The maximum Gasteiger partial charge on any atom is 0.314 e. The molecule has 4 heteroatoms. The molecule has 1 aliphatic carbocycles. The van der Waals surface area contributed by atoms with Crippen molar-refractivity contribution in [2.75, 3.05) is 0 Å². The number of rotatable bonds is 5. The highest BCUT2D eigenvalue weighted by molar-refractivity contribution is 5.75. The van der Waals surface area contributed by atoms with Gasteiger partial charge in [0.05, 0.1) is 12.0 Å². The number of benzene rings is 1. The van der Waals surface area contributed by atoms with Gasteiger partial charge in [-0.05, 0) is 68.7 Å². The van der Waals surface area contributed by atoms with Gasteiger partial charge in [-0.2, -0.15) is 5.26 Å². The van der Waals surface area contributed by atoms with Gasteiger partial charge in [0.2, 0.25) is 0 Å². The molecule has 0 unspecified atom stereocenters. The molecule has 0 spiro atoms. The Morgan fingerprint density at radius 2 is 1.95 bits per heavy atom. The third-order valence-electron chi connectivity index (χ3n) is 4.15. The van der Waals surface area contributed by atoms with Crippen LogP contribution in [0.2, 0.25) is 0 Å².